The molecular formula is C11H8N4S2. The van der Waals surface area contributed by atoms with Crippen LogP contribution in [0.3, 0.4) is 0 Å². The van der Waals surface area contributed by atoms with Crippen molar-refractivity contribution in [2.45, 2.75) is 9.37 Å². The zero-order chi connectivity index (χ0) is 11.7. The second-order valence-corrected chi connectivity index (χ2v) is 5.52. The molecule has 17 heavy (non-hydrogen) atoms. The average molecular weight is 260 g/mol. The number of hydrogen-bond donors (Lipinski definition) is 1. The number of nitrogens with two attached hydrogens (primary N) is 1. The molecule has 0 atom stereocenters. The summed E-state index contributed by atoms with van der Waals surface area (Å²) < 4.78 is 0.907. The number of nitrogen functional groups attached to an aromatic ring is 1. The highest BCUT2D eigenvalue weighted by molar-refractivity contribution is 8.01. The SMILES string of the molecule is Nc1cccnc1Sc1nc2cccnc2s1. The van der Waals surface area contributed by atoms with Crippen molar-refractivity contribution in [3.8, 4) is 0 Å². The van der Waals surface area contributed by atoms with Gasteiger partial charge in [0.1, 0.15) is 15.4 Å². The molecule has 3 aromatic heterocycles. The molecule has 0 amide bonds. The second-order valence-electron chi connectivity index (χ2n) is 3.31. The normalized spacial score (nSPS) is 10.8. The maximum Gasteiger partial charge on any atom is 0.158 e. The van der Waals surface area contributed by atoms with Crippen LogP contribution < -0.4 is 5.73 Å². The van der Waals surface area contributed by atoms with Gasteiger partial charge < -0.3 is 5.73 Å². The van der Waals surface area contributed by atoms with Crippen molar-refractivity contribution in [2.24, 2.45) is 0 Å². The molecule has 0 radical (unpaired) electrons. The van der Waals surface area contributed by atoms with E-state index in [1.54, 1.807) is 23.7 Å². The second kappa shape index (κ2) is 4.31. The Hall–Kier alpha value is -1.66. The summed E-state index contributed by atoms with van der Waals surface area (Å²) in [6, 6.07) is 7.48. The molecule has 3 heterocycles. The zero-order valence-corrected chi connectivity index (χ0v) is 10.3. The summed E-state index contributed by atoms with van der Waals surface area (Å²) in [6.45, 7) is 0. The van der Waals surface area contributed by atoms with Gasteiger partial charge in [-0.15, -0.1) is 0 Å². The molecule has 0 saturated heterocycles. The lowest BCUT2D eigenvalue weighted by Gasteiger charge is -1.99. The number of nitrogens with zero attached hydrogens (tertiary/aromatic N) is 3. The van der Waals surface area contributed by atoms with Crippen LogP contribution in [0.1, 0.15) is 0 Å². The standard InChI is InChI=1S/C11H8N4S2/c12-7-3-1-5-13-9(7)16-11-15-8-4-2-6-14-10(8)17-11/h1-6H,12H2. The molecule has 4 nitrogen and oxygen atoms in total. The molecule has 3 rings (SSSR count). The molecule has 0 aromatic carbocycles. The van der Waals surface area contributed by atoms with Crippen LogP contribution in [0.5, 0.6) is 0 Å². The highest BCUT2D eigenvalue weighted by atomic mass is 32.2. The van der Waals surface area contributed by atoms with Crippen LogP contribution in [-0.2, 0) is 0 Å². The van der Waals surface area contributed by atoms with E-state index in [4.69, 9.17) is 5.73 Å². The summed E-state index contributed by atoms with van der Waals surface area (Å²) in [5.41, 5.74) is 7.42. The van der Waals surface area contributed by atoms with Crippen LogP contribution in [0.4, 0.5) is 5.69 Å². The van der Waals surface area contributed by atoms with Crippen LogP contribution in [0.25, 0.3) is 10.3 Å². The molecule has 6 heteroatoms. The van der Waals surface area contributed by atoms with Crippen LogP contribution in [0.15, 0.2) is 46.0 Å². The molecule has 0 aliphatic heterocycles. The molecule has 0 saturated carbocycles. The summed E-state index contributed by atoms with van der Waals surface area (Å²) in [5, 5.41) is 0.784. The fourth-order valence-electron chi connectivity index (χ4n) is 1.36. The van der Waals surface area contributed by atoms with Gasteiger partial charge in [0.25, 0.3) is 0 Å². The lowest BCUT2D eigenvalue weighted by molar-refractivity contribution is 1.14. The van der Waals surface area contributed by atoms with E-state index in [2.05, 4.69) is 15.0 Å². The Morgan fingerprint density at radius 3 is 2.76 bits per heavy atom. The summed E-state index contributed by atoms with van der Waals surface area (Å²) in [5.74, 6) is 0. The molecule has 0 aliphatic carbocycles. The Morgan fingerprint density at radius 1 is 1.12 bits per heavy atom. The molecule has 3 aromatic rings. The molecule has 0 fully saturated rings. The zero-order valence-electron chi connectivity index (χ0n) is 8.70. The maximum absolute atomic E-state index is 5.84. The molecule has 0 unspecified atom stereocenters. The largest absolute Gasteiger partial charge is 0.397 e. The Labute approximate surface area is 106 Å². The van der Waals surface area contributed by atoms with E-state index in [9.17, 15) is 0 Å². The van der Waals surface area contributed by atoms with E-state index >= 15 is 0 Å². The number of anilines is 1. The van der Waals surface area contributed by atoms with Crippen molar-refractivity contribution in [2.75, 3.05) is 5.73 Å². The Morgan fingerprint density at radius 2 is 1.94 bits per heavy atom. The molecule has 0 bridgehead atoms. The molecule has 2 N–H and O–H groups in total. The van der Waals surface area contributed by atoms with Crippen molar-refractivity contribution in [3.05, 3.63) is 36.7 Å². The van der Waals surface area contributed by atoms with Gasteiger partial charge in [-0.3, -0.25) is 0 Å². The first-order valence-corrected chi connectivity index (χ1v) is 6.56. The van der Waals surface area contributed by atoms with Gasteiger partial charge in [-0.1, -0.05) is 11.3 Å². The molecular weight excluding hydrogens is 252 g/mol. The Bertz CT molecular complexity index is 632. The smallest absolute Gasteiger partial charge is 0.158 e. The molecule has 0 spiro atoms. The van der Waals surface area contributed by atoms with Gasteiger partial charge in [0, 0.05) is 12.4 Å². The molecule has 84 valence electrons. The van der Waals surface area contributed by atoms with E-state index in [1.165, 1.54) is 11.8 Å². The van der Waals surface area contributed by atoms with E-state index in [0.29, 0.717) is 5.69 Å². The molecule has 0 aliphatic rings. The van der Waals surface area contributed by atoms with Gasteiger partial charge in [-0.05, 0) is 36.0 Å². The van der Waals surface area contributed by atoms with Crippen molar-refractivity contribution in [1.29, 1.82) is 0 Å². The summed E-state index contributed by atoms with van der Waals surface area (Å²) >= 11 is 3.02. The Balaban J connectivity index is 1.98. The summed E-state index contributed by atoms with van der Waals surface area (Å²) in [7, 11) is 0. The van der Waals surface area contributed by atoms with E-state index in [1.807, 2.05) is 24.3 Å². The van der Waals surface area contributed by atoms with Gasteiger partial charge in [0.15, 0.2) is 4.34 Å². The highest BCUT2D eigenvalue weighted by Crippen LogP contribution is 2.34. The third-order valence-corrected chi connectivity index (χ3v) is 4.21. The van der Waals surface area contributed by atoms with E-state index in [0.717, 1.165) is 19.7 Å². The number of pyridine rings is 2. The number of hydrogen-bond acceptors (Lipinski definition) is 6. The lowest BCUT2D eigenvalue weighted by atomic mass is 10.4. The van der Waals surface area contributed by atoms with Gasteiger partial charge in [-0.2, -0.15) is 0 Å². The maximum atomic E-state index is 5.84. The number of thiazole rings is 1. The minimum atomic E-state index is 0.671. The fourth-order valence-corrected chi connectivity index (χ4v) is 3.26. The lowest BCUT2D eigenvalue weighted by Crippen LogP contribution is -1.89. The predicted octanol–water partition coefficient (Wildman–Crippen LogP) is 2.82. The van der Waals surface area contributed by atoms with Crippen LogP contribution in [0.2, 0.25) is 0 Å². The van der Waals surface area contributed by atoms with Gasteiger partial charge >= 0.3 is 0 Å². The predicted molar refractivity (Wildman–Crippen MR) is 70.2 cm³/mol. The first kappa shape index (κ1) is 10.5. The third kappa shape index (κ3) is 2.09. The van der Waals surface area contributed by atoms with Crippen molar-refractivity contribution < 1.29 is 0 Å². The average Bonchev–Trinajstić information content (AvgIpc) is 2.74. The quantitative estimate of drug-likeness (QED) is 0.767. The minimum Gasteiger partial charge on any atom is -0.397 e. The monoisotopic (exact) mass is 260 g/mol. The topological polar surface area (TPSA) is 64.7 Å². The highest BCUT2D eigenvalue weighted by Gasteiger charge is 2.08. The fraction of sp³-hybridized carbons (Fsp3) is 0. The number of rotatable bonds is 2. The van der Waals surface area contributed by atoms with Crippen molar-refractivity contribution in [3.63, 3.8) is 0 Å². The van der Waals surface area contributed by atoms with E-state index in [-0.39, 0.29) is 0 Å². The number of fused-ring (bicyclic) bond motifs is 1. The third-order valence-electron chi connectivity index (χ3n) is 2.13. The first-order chi connectivity index (χ1) is 8.33. The van der Waals surface area contributed by atoms with Gasteiger partial charge in [0.2, 0.25) is 0 Å². The van der Waals surface area contributed by atoms with Crippen molar-refractivity contribution in [1.82, 2.24) is 15.0 Å². The van der Waals surface area contributed by atoms with Gasteiger partial charge in [-0.25, -0.2) is 15.0 Å². The summed E-state index contributed by atoms with van der Waals surface area (Å²) in [6.07, 6.45) is 3.49. The Kier molecular flexibility index (Phi) is 2.66. The van der Waals surface area contributed by atoms with E-state index < -0.39 is 0 Å². The minimum absolute atomic E-state index is 0.671. The first-order valence-electron chi connectivity index (χ1n) is 4.93. The van der Waals surface area contributed by atoms with Crippen molar-refractivity contribution >= 4 is 39.1 Å². The van der Waals surface area contributed by atoms with Crippen LogP contribution in [-0.4, -0.2) is 15.0 Å². The summed E-state index contributed by atoms with van der Waals surface area (Å²) in [4.78, 5) is 13.9. The van der Waals surface area contributed by atoms with Crippen LogP contribution in [0, 0.1) is 0 Å². The van der Waals surface area contributed by atoms with Crippen LogP contribution >= 0.6 is 23.1 Å². The van der Waals surface area contributed by atoms with Gasteiger partial charge in [0.05, 0.1) is 5.69 Å². The number of aromatic nitrogens is 3.